The fourth-order valence-electron chi connectivity index (χ4n) is 2.84. The molecule has 1 saturated heterocycles. The van der Waals surface area contributed by atoms with E-state index >= 15 is 0 Å². The molecule has 0 saturated carbocycles. The molecule has 0 aromatic heterocycles. The van der Waals surface area contributed by atoms with Gasteiger partial charge >= 0.3 is 5.97 Å². The molecule has 4 atom stereocenters. The van der Waals surface area contributed by atoms with Crippen molar-refractivity contribution < 1.29 is 14.3 Å². The van der Waals surface area contributed by atoms with E-state index in [9.17, 15) is 4.79 Å². The van der Waals surface area contributed by atoms with E-state index in [0.29, 0.717) is 18.3 Å². The van der Waals surface area contributed by atoms with Crippen LogP contribution < -0.4 is 5.73 Å². The van der Waals surface area contributed by atoms with Crippen molar-refractivity contribution in [3.63, 3.8) is 0 Å². The van der Waals surface area contributed by atoms with Crippen molar-refractivity contribution in [2.45, 2.75) is 71.1 Å². The van der Waals surface area contributed by atoms with E-state index in [1.54, 1.807) is 7.11 Å². The molecule has 112 valence electrons. The molecule has 1 aliphatic rings. The van der Waals surface area contributed by atoms with E-state index in [1.165, 1.54) is 6.42 Å². The zero-order chi connectivity index (χ0) is 14.4. The number of hydrogen-bond donors (Lipinski definition) is 1. The Morgan fingerprint density at radius 2 is 2.11 bits per heavy atom. The zero-order valence-corrected chi connectivity index (χ0v) is 12.7. The van der Waals surface area contributed by atoms with Crippen molar-refractivity contribution in [2.75, 3.05) is 7.11 Å². The summed E-state index contributed by atoms with van der Waals surface area (Å²) in [5.74, 6) is 0.838. The normalized spacial score (nSPS) is 33.5. The maximum absolute atomic E-state index is 11.8. The molecular weight excluding hydrogens is 242 g/mol. The lowest BCUT2D eigenvalue weighted by molar-refractivity contribution is -0.158. The first-order chi connectivity index (χ1) is 8.95. The summed E-state index contributed by atoms with van der Waals surface area (Å²) in [4.78, 5) is 11.8. The Morgan fingerprint density at radius 1 is 1.42 bits per heavy atom. The van der Waals surface area contributed by atoms with Crippen LogP contribution in [-0.4, -0.2) is 31.3 Å². The molecule has 4 unspecified atom stereocenters. The predicted octanol–water partition coefficient (Wildman–Crippen LogP) is 2.50. The van der Waals surface area contributed by atoms with Gasteiger partial charge in [0.15, 0.2) is 0 Å². The molecule has 1 fully saturated rings. The van der Waals surface area contributed by atoms with E-state index in [2.05, 4.69) is 13.8 Å². The van der Waals surface area contributed by atoms with Crippen LogP contribution in [0.15, 0.2) is 0 Å². The Labute approximate surface area is 117 Å². The van der Waals surface area contributed by atoms with Crippen molar-refractivity contribution in [2.24, 2.45) is 17.6 Å². The molecule has 2 N–H and O–H groups in total. The molecule has 4 nitrogen and oxygen atoms in total. The Hall–Kier alpha value is -0.610. The van der Waals surface area contributed by atoms with Crippen LogP contribution in [0.2, 0.25) is 0 Å². The third kappa shape index (κ3) is 5.11. The number of nitrogens with two attached hydrogens (primary N) is 1. The summed E-state index contributed by atoms with van der Waals surface area (Å²) in [5.41, 5.74) is 5.82. The maximum atomic E-state index is 11.8. The molecule has 0 bridgehead atoms. The van der Waals surface area contributed by atoms with Crippen molar-refractivity contribution in [3.8, 4) is 0 Å². The molecule has 0 aromatic carbocycles. The van der Waals surface area contributed by atoms with Gasteiger partial charge in [-0.15, -0.1) is 0 Å². The number of carbonyl (C=O) groups is 1. The summed E-state index contributed by atoms with van der Waals surface area (Å²) in [6, 6.07) is -0.483. The number of cyclic esters (lactones) is 1. The highest BCUT2D eigenvalue weighted by atomic mass is 16.6. The van der Waals surface area contributed by atoms with Gasteiger partial charge in [-0.2, -0.15) is 0 Å². The fraction of sp³-hybridized carbons (Fsp3) is 0.933. The number of rotatable bonds is 4. The standard InChI is InChI=1S/C15H29NO3/c1-10(2)8-9-12-6-5-7-13(16)15(17)19-11(3)14(12)18-4/h10-14H,5-9,16H2,1-4H3. The van der Waals surface area contributed by atoms with Gasteiger partial charge in [0.05, 0.1) is 6.10 Å². The minimum Gasteiger partial charge on any atom is -0.459 e. The second kappa shape index (κ2) is 7.85. The summed E-state index contributed by atoms with van der Waals surface area (Å²) in [6.45, 7) is 6.37. The number of ether oxygens (including phenoxy) is 2. The first kappa shape index (κ1) is 16.4. The van der Waals surface area contributed by atoms with Gasteiger partial charge in [-0.1, -0.05) is 26.7 Å². The van der Waals surface area contributed by atoms with Gasteiger partial charge in [0, 0.05) is 7.11 Å². The summed E-state index contributed by atoms with van der Waals surface area (Å²) in [6.07, 6.45) is 4.78. The highest BCUT2D eigenvalue weighted by Gasteiger charge is 2.32. The fourth-order valence-corrected chi connectivity index (χ4v) is 2.84. The van der Waals surface area contributed by atoms with Gasteiger partial charge in [0.1, 0.15) is 12.1 Å². The van der Waals surface area contributed by atoms with Crippen LogP contribution in [0.3, 0.4) is 0 Å². The molecule has 1 rings (SSSR count). The maximum Gasteiger partial charge on any atom is 0.323 e. The van der Waals surface area contributed by atoms with Crippen LogP contribution >= 0.6 is 0 Å². The van der Waals surface area contributed by atoms with Gasteiger partial charge in [-0.05, 0) is 38.0 Å². The van der Waals surface area contributed by atoms with Crippen LogP contribution in [-0.2, 0) is 14.3 Å². The molecule has 0 aliphatic carbocycles. The molecule has 0 amide bonds. The van der Waals surface area contributed by atoms with Crippen LogP contribution in [0.4, 0.5) is 0 Å². The predicted molar refractivity (Wildman–Crippen MR) is 75.7 cm³/mol. The van der Waals surface area contributed by atoms with Crippen molar-refractivity contribution >= 4 is 5.97 Å². The summed E-state index contributed by atoms with van der Waals surface area (Å²) < 4.78 is 11.0. The Balaban J connectivity index is 2.73. The lowest BCUT2D eigenvalue weighted by Crippen LogP contribution is -2.39. The molecule has 19 heavy (non-hydrogen) atoms. The van der Waals surface area contributed by atoms with E-state index in [0.717, 1.165) is 19.3 Å². The smallest absolute Gasteiger partial charge is 0.323 e. The van der Waals surface area contributed by atoms with Gasteiger partial charge < -0.3 is 15.2 Å². The first-order valence-electron chi connectivity index (χ1n) is 7.44. The van der Waals surface area contributed by atoms with Crippen molar-refractivity contribution in [1.82, 2.24) is 0 Å². The minimum atomic E-state index is -0.483. The molecule has 0 aromatic rings. The second-order valence-corrected chi connectivity index (χ2v) is 6.11. The summed E-state index contributed by atoms with van der Waals surface area (Å²) in [7, 11) is 1.70. The molecule has 1 heterocycles. The van der Waals surface area contributed by atoms with Gasteiger partial charge in [0.2, 0.25) is 0 Å². The van der Waals surface area contributed by atoms with Crippen LogP contribution in [0, 0.1) is 11.8 Å². The Morgan fingerprint density at radius 3 is 2.68 bits per heavy atom. The zero-order valence-electron chi connectivity index (χ0n) is 12.7. The van der Waals surface area contributed by atoms with Crippen molar-refractivity contribution in [1.29, 1.82) is 0 Å². The number of methoxy groups -OCH3 is 1. The number of hydrogen-bond acceptors (Lipinski definition) is 4. The van der Waals surface area contributed by atoms with Crippen LogP contribution in [0.25, 0.3) is 0 Å². The van der Waals surface area contributed by atoms with E-state index in [4.69, 9.17) is 15.2 Å². The third-order valence-corrected chi connectivity index (χ3v) is 4.01. The number of carbonyl (C=O) groups excluding carboxylic acids is 1. The molecule has 0 radical (unpaired) electrons. The summed E-state index contributed by atoms with van der Waals surface area (Å²) >= 11 is 0. The third-order valence-electron chi connectivity index (χ3n) is 4.01. The highest BCUT2D eigenvalue weighted by molar-refractivity contribution is 5.75. The van der Waals surface area contributed by atoms with Gasteiger partial charge in [0.25, 0.3) is 0 Å². The van der Waals surface area contributed by atoms with Gasteiger partial charge in [-0.25, -0.2) is 0 Å². The van der Waals surface area contributed by atoms with E-state index in [1.807, 2.05) is 6.92 Å². The SMILES string of the molecule is COC1C(CCC(C)C)CCCC(N)C(=O)OC1C. The minimum absolute atomic E-state index is 0.0204. The molecule has 4 heteroatoms. The average molecular weight is 271 g/mol. The molecule has 1 aliphatic heterocycles. The summed E-state index contributed by atoms with van der Waals surface area (Å²) in [5, 5.41) is 0. The largest absolute Gasteiger partial charge is 0.459 e. The Kier molecular flexibility index (Phi) is 6.80. The molecule has 0 spiro atoms. The van der Waals surface area contributed by atoms with Gasteiger partial charge in [-0.3, -0.25) is 4.79 Å². The molecular formula is C15H29NO3. The highest BCUT2D eigenvalue weighted by Crippen LogP contribution is 2.28. The average Bonchev–Trinajstić information content (AvgIpc) is 2.38. The topological polar surface area (TPSA) is 61.5 Å². The lowest BCUT2D eigenvalue weighted by atomic mass is 9.86. The van der Waals surface area contributed by atoms with Crippen LogP contribution in [0.1, 0.15) is 52.9 Å². The monoisotopic (exact) mass is 271 g/mol. The first-order valence-corrected chi connectivity index (χ1v) is 7.44. The lowest BCUT2D eigenvalue weighted by Gasteiger charge is -2.30. The quantitative estimate of drug-likeness (QED) is 0.798. The Bertz CT molecular complexity index is 281. The van der Waals surface area contributed by atoms with Crippen LogP contribution in [0.5, 0.6) is 0 Å². The second-order valence-electron chi connectivity index (χ2n) is 6.11. The van der Waals surface area contributed by atoms with E-state index < -0.39 is 6.04 Å². The number of esters is 1. The van der Waals surface area contributed by atoms with Crippen molar-refractivity contribution in [3.05, 3.63) is 0 Å². The van der Waals surface area contributed by atoms with E-state index in [-0.39, 0.29) is 18.2 Å².